The summed E-state index contributed by atoms with van der Waals surface area (Å²) >= 11 is 0. The highest BCUT2D eigenvalue weighted by Gasteiger charge is 2.40. The summed E-state index contributed by atoms with van der Waals surface area (Å²) in [5, 5.41) is 13.4. The molecule has 1 aliphatic carbocycles. The minimum Gasteiger partial charge on any atom is -0.496 e. The quantitative estimate of drug-likeness (QED) is 0.542. The molecule has 1 saturated carbocycles. The summed E-state index contributed by atoms with van der Waals surface area (Å²) in [5.74, 6) is 0.876. The first kappa shape index (κ1) is 23.9. The van der Waals surface area contributed by atoms with Crippen LogP contribution in [0.5, 0.6) is 11.5 Å². The van der Waals surface area contributed by atoms with Gasteiger partial charge in [-0.3, -0.25) is 0 Å². The Balaban J connectivity index is 1.54. The molecule has 0 amide bonds. The van der Waals surface area contributed by atoms with E-state index in [-0.39, 0.29) is 6.10 Å². The minimum absolute atomic E-state index is 0.280. The number of rotatable bonds is 8. The summed E-state index contributed by atoms with van der Waals surface area (Å²) in [4.78, 5) is 12.2. The third-order valence-corrected chi connectivity index (χ3v) is 7.71. The third kappa shape index (κ3) is 4.71. The van der Waals surface area contributed by atoms with Crippen LogP contribution in [0.3, 0.4) is 0 Å². The highest BCUT2D eigenvalue weighted by Crippen LogP contribution is 2.44. The van der Waals surface area contributed by atoms with Gasteiger partial charge in [-0.05, 0) is 54.7 Å². The second-order valence-corrected chi connectivity index (χ2v) is 9.87. The van der Waals surface area contributed by atoms with Gasteiger partial charge in [0.25, 0.3) is 0 Å². The number of anilines is 1. The van der Waals surface area contributed by atoms with Crippen LogP contribution in [0.4, 0.5) is 5.69 Å². The lowest BCUT2D eigenvalue weighted by molar-refractivity contribution is -0.145. The number of carboxylic acids is 1. The van der Waals surface area contributed by atoms with Crippen LogP contribution in [0.15, 0.2) is 24.3 Å². The maximum Gasteiger partial charge on any atom is 0.329 e. The van der Waals surface area contributed by atoms with E-state index in [2.05, 4.69) is 23.5 Å². The van der Waals surface area contributed by atoms with Gasteiger partial charge in [0.1, 0.15) is 17.0 Å². The number of nitrogens with one attached hydrogen (secondary N) is 1. The molecule has 3 aliphatic rings. The Kier molecular flexibility index (Phi) is 6.89. The maximum atomic E-state index is 12.2. The number of carbonyl (C=O) groups is 1. The van der Waals surface area contributed by atoms with Crippen molar-refractivity contribution in [2.75, 3.05) is 32.2 Å². The Hall–Kier alpha value is -2.77. The van der Waals surface area contributed by atoms with Gasteiger partial charge in [0.2, 0.25) is 0 Å². The van der Waals surface area contributed by atoms with Crippen LogP contribution in [0.25, 0.3) is 11.1 Å². The van der Waals surface area contributed by atoms with Gasteiger partial charge in [-0.1, -0.05) is 18.9 Å². The molecule has 2 aromatic carbocycles. The van der Waals surface area contributed by atoms with Crippen molar-refractivity contribution in [3.63, 3.8) is 0 Å². The molecular weight excluding hydrogens is 446 g/mol. The first-order valence-corrected chi connectivity index (χ1v) is 12.7. The molecule has 2 heterocycles. The lowest BCUT2D eigenvalue weighted by Crippen LogP contribution is -2.50. The minimum atomic E-state index is -1.02. The molecule has 0 atom stereocenters. The number of hydrogen-bond donors (Lipinski definition) is 2. The first-order valence-electron chi connectivity index (χ1n) is 12.7. The third-order valence-electron chi connectivity index (χ3n) is 7.71. The van der Waals surface area contributed by atoms with E-state index in [1.165, 1.54) is 18.4 Å². The van der Waals surface area contributed by atoms with Crippen molar-refractivity contribution in [3.8, 4) is 22.6 Å². The van der Waals surface area contributed by atoms with Crippen LogP contribution in [0, 0.1) is 6.92 Å². The predicted molar refractivity (Wildman–Crippen MR) is 133 cm³/mol. The second kappa shape index (κ2) is 10.1. The highest BCUT2D eigenvalue weighted by molar-refractivity contribution is 5.84. The van der Waals surface area contributed by atoms with E-state index < -0.39 is 11.5 Å². The maximum absolute atomic E-state index is 12.2. The average molecular weight is 482 g/mol. The summed E-state index contributed by atoms with van der Waals surface area (Å²) in [5.41, 5.74) is 5.18. The van der Waals surface area contributed by atoms with Crippen LogP contribution in [0.2, 0.25) is 0 Å². The van der Waals surface area contributed by atoms with E-state index in [1.807, 2.05) is 13.0 Å². The molecule has 2 aromatic rings. The van der Waals surface area contributed by atoms with Gasteiger partial charge >= 0.3 is 5.97 Å². The number of benzene rings is 2. The Morgan fingerprint density at radius 1 is 1.14 bits per heavy atom. The largest absolute Gasteiger partial charge is 0.496 e. The lowest BCUT2D eigenvalue weighted by Gasteiger charge is -2.35. The van der Waals surface area contributed by atoms with Crippen molar-refractivity contribution < 1.29 is 28.8 Å². The number of ether oxygens (including phenoxy) is 4. The van der Waals surface area contributed by atoms with Crippen LogP contribution in [-0.4, -0.2) is 49.6 Å². The van der Waals surface area contributed by atoms with E-state index >= 15 is 0 Å². The van der Waals surface area contributed by atoms with Crippen LogP contribution >= 0.6 is 0 Å². The zero-order chi connectivity index (χ0) is 24.4. The molecule has 2 N–H and O–H groups in total. The van der Waals surface area contributed by atoms with E-state index in [0.717, 1.165) is 58.7 Å². The van der Waals surface area contributed by atoms with E-state index in [9.17, 15) is 9.90 Å². The van der Waals surface area contributed by atoms with E-state index in [4.69, 9.17) is 18.9 Å². The number of fused-ring (bicyclic) bond motifs is 1. The van der Waals surface area contributed by atoms with Gasteiger partial charge in [-0.15, -0.1) is 0 Å². The Morgan fingerprint density at radius 2 is 1.91 bits per heavy atom. The lowest BCUT2D eigenvalue weighted by atomic mass is 9.88. The van der Waals surface area contributed by atoms with Crippen LogP contribution < -0.4 is 14.8 Å². The zero-order valence-corrected chi connectivity index (χ0v) is 20.7. The summed E-state index contributed by atoms with van der Waals surface area (Å²) in [6, 6.07) is 8.21. The van der Waals surface area contributed by atoms with Crippen molar-refractivity contribution >= 4 is 11.7 Å². The molecule has 35 heavy (non-hydrogen) atoms. The number of methoxy groups -OCH3 is 1. The molecule has 188 valence electrons. The molecule has 0 spiro atoms. The summed E-state index contributed by atoms with van der Waals surface area (Å²) in [6.45, 7) is 4.04. The normalized spacial score (nSPS) is 19.3. The number of hydrogen-bond acceptors (Lipinski definition) is 6. The van der Waals surface area contributed by atoms with Gasteiger partial charge < -0.3 is 29.4 Å². The first-order chi connectivity index (χ1) is 17.0. The van der Waals surface area contributed by atoms with Crippen molar-refractivity contribution in [1.29, 1.82) is 0 Å². The van der Waals surface area contributed by atoms with Gasteiger partial charge in [-0.25, -0.2) is 4.79 Å². The zero-order valence-electron chi connectivity index (χ0n) is 20.7. The fraction of sp³-hybridized carbons (Fsp3) is 0.536. The molecule has 5 rings (SSSR count). The Bertz CT molecular complexity index is 1090. The fourth-order valence-electron chi connectivity index (χ4n) is 5.64. The van der Waals surface area contributed by atoms with Gasteiger partial charge in [0, 0.05) is 49.3 Å². The molecule has 1 saturated heterocycles. The van der Waals surface area contributed by atoms with E-state index in [1.54, 1.807) is 7.11 Å². The molecule has 0 radical (unpaired) electrons. The summed E-state index contributed by atoms with van der Waals surface area (Å²) in [7, 11) is 1.68. The molecule has 2 aliphatic heterocycles. The van der Waals surface area contributed by atoms with E-state index in [0.29, 0.717) is 39.3 Å². The van der Waals surface area contributed by atoms with Gasteiger partial charge in [-0.2, -0.15) is 0 Å². The van der Waals surface area contributed by atoms with Crippen molar-refractivity contribution in [2.45, 2.75) is 70.1 Å². The smallest absolute Gasteiger partial charge is 0.329 e. The highest BCUT2D eigenvalue weighted by atomic mass is 16.5. The fourth-order valence-corrected chi connectivity index (χ4v) is 5.64. The van der Waals surface area contributed by atoms with Crippen LogP contribution in [0.1, 0.15) is 55.2 Å². The molecule has 7 nitrogen and oxygen atoms in total. The topological polar surface area (TPSA) is 86.3 Å². The Labute approximate surface area is 206 Å². The molecular formula is C28H35NO6. The number of carboxylic acid groups (broad SMARTS) is 1. The standard InChI is InChI=1S/C28H35NO6/c1-18-25(32-2)16-24(23-9-12-34-26(18)23)22-8-7-20(15-19(22)17-35-21-5-3-4-6-21)29-28(27(30)31)10-13-33-14-11-28/h7-8,15-16,21,29H,3-6,9-14,17H2,1-2H3,(H,30,31). The number of aliphatic carboxylic acids is 1. The molecule has 2 fully saturated rings. The summed E-state index contributed by atoms with van der Waals surface area (Å²) in [6.07, 6.45) is 6.59. The van der Waals surface area contributed by atoms with Gasteiger partial charge in [0.05, 0.1) is 26.4 Å². The monoisotopic (exact) mass is 481 g/mol. The predicted octanol–water partition coefficient (Wildman–Crippen LogP) is 5.11. The molecule has 0 bridgehead atoms. The van der Waals surface area contributed by atoms with Crippen molar-refractivity contribution in [1.82, 2.24) is 0 Å². The molecule has 0 unspecified atom stereocenters. The SMILES string of the molecule is COc1cc(-c2ccc(NC3(C(=O)O)CCOCC3)cc2COC2CCCC2)c2c(c1C)OCC2. The van der Waals surface area contributed by atoms with Crippen LogP contribution in [-0.2, 0) is 27.3 Å². The van der Waals surface area contributed by atoms with Crippen molar-refractivity contribution in [3.05, 3.63) is 41.0 Å². The van der Waals surface area contributed by atoms with Crippen molar-refractivity contribution in [2.24, 2.45) is 0 Å². The molecule has 0 aromatic heterocycles. The second-order valence-electron chi connectivity index (χ2n) is 9.87. The Morgan fingerprint density at radius 3 is 2.63 bits per heavy atom. The van der Waals surface area contributed by atoms with Gasteiger partial charge in [0.15, 0.2) is 0 Å². The average Bonchev–Trinajstić information content (AvgIpc) is 3.57. The summed E-state index contributed by atoms with van der Waals surface area (Å²) < 4.78 is 23.4. The molecule has 7 heteroatoms.